The van der Waals surface area contributed by atoms with E-state index in [2.05, 4.69) is 26.3 Å². The highest BCUT2D eigenvalue weighted by molar-refractivity contribution is 5.95. The molecular weight excluding hydrogens is 698 g/mol. The van der Waals surface area contributed by atoms with Crippen molar-refractivity contribution in [3.05, 3.63) is 29.8 Å². The van der Waals surface area contributed by atoms with E-state index in [0.29, 0.717) is 31.4 Å². The van der Waals surface area contributed by atoms with Crippen LogP contribution in [0.4, 0.5) is 0 Å². The summed E-state index contributed by atoms with van der Waals surface area (Å²) < 4.78 is 0. The molecule has 0 saturated heterocycles. The molecule has 0 saturated carbocycles. The molecule has 16 N–H and O–H groups in total. The van der Waals surface area contributed by atoms with E-state index < -0.39 is 84.1 Å². The van der Waals surface area contributed by atoms with Crippen LogP contribution in [0.3, 0.4) is 0 Å². The average molecular weight is 754 g/mol. The van der Waals surface area contributed by atoms with Crippen LogP contribution in [0, 0.1) is 5.92 Å². The number of guanidine groups is 1. The van der Waals surface area contributed by atoms with Gasteiger partial charge in [0.1, 0.15) is 29.9 Å². The van der Waals surface area contributed by atoms with E-state index in [4.69, 9.17) is 32.8 Å². The number of unbranched alkanes of at least 4 members (excludes halogenated alkanes) is 1. The van der Waals surface area contributed by atoms with Gasteiger partial charge in [0.15, 0.2) is 5.96 Å². The molecule has 5 atom stereocenters. The molecule has 1 aromatic rings. The minimum Gasteiger partial charge on any atom is -0.508 e. The van der Waals surface area contributed by atoms with E-state index >= 15 is 0 Å². The largest absolute Gasteiger partial charge is 0.508 e. The molecule has 53 heavy (non-hydrogen) atoms. The van der Waals surface area contributed by atoms with Crippen LogP contribution in [0.5, 0.6) is 5.75 Å². The Labute approximate surface area is 307 Å². The van der Waals surface area contributed by atoms with Gasteiger partial charge in [-0.2, -0.15) is 0 Å². The molecule has 0 aliphatic carbocycles. The second-order valence-electron chi connectivity index (χ2n) is 12.4. The maximum absolute atomic E-state index is 13.5. The smallest absolute Gasteiger partial charge is 0.326 e. The van der Waals surface area contributed by atoms with Gasteiger partial charge in [-0.3, -0.25) is 33.8 Å². The van der Waals surface area contributed by atoms with E-state index in [9.17, 15) is 44.1 Å². The highest BCUT2D eigenvalue weighted by atomic mass is 16.4. The number of carbonyl (C=O) groups is 7. The van der Waals surface area contributed by atoms with Crippen LogP contribution >= 0.6 is 0 Å². The molecule has 1 rings (SSSR count). The number of aliphatic carboxylic acids is 3. The lowest BCUT2D eigenvalue weighted by atomic mass is 10.00. The molecular formula is C33H55N9O11. The Kier molecular flexibility index (Phi) is 22.8. The normalized spacial score (nSPS) is 13.4. The maximum atomic E-state index is 13.5. The zero-order chi connectivity index (χ0) is 40.7. The second-order valence-corrected chi connectivity index (χ2v) is 12.4. The molecule has 0 unspecified atom stereocenters. The van der Waals surface area contributed by atoms with Gasteiger partial charge in [0.25, 0.3) is 5.97 Å². The standard InChI is InChI=1S/C31H51N9O9.C2H4O2/c1-17(2)25(29(47)39-23(30(48)49)16-18-8-10-19(41)11-9-18)40-28(46)22(12-13-24(42)43)38-27(45)21(7-3-4-14-32)37-26(44)20(33)6-5-15-36-31(34)35;1-2(3)4/h8-11,17,20-23,25,41H,3-7,12-16,32-33H2,1-2H3,(H,37,44)(H,38,45)(H,39,47)(H,40,46)(H,42,43)(H,48,49)(H4,34,35,36);1H3,(H,3,4)/t20-,21-,22-,23-,25-;/m0./s1. The number of hydrogen-bond donors (Lipinski definition) is 12. The van der Waals surface area contributed by atoms with E-state index in [1.54, 1.807) is 13.8 Å². The second kappa shape index (κ2) is 25.5. The van der Waals surface area contributed by atoms with Crippen LogP contribution in [-0.2, 0) is 40.0 Å². The summed E-state index contributed by atoms with van der Waals surface area (Å²) >= 11 is 0. The van der Waals surface area contributed by atoms with Crippen molar-refractivity contribution in [1.82, 2.24) is 21.3 Å². The van der Waals surface area contributed by atoms with E-state index in [-0.39, 0.29) is 43.9 Å². The molecule has 0 radical (unpaired) electrons. The number of carbonyl (C=O) groups excluding carboxylic acids is 4. The number of nitrogens with two attached hydrogens (primary N) is 4. The Morgan fingerprint density at radius 2 is 1.26 bits per heavy atom. The van der Waals surface area contributed by atoms with Gasteiger partial charge in [0.2, 0.25) is 23.6 Å². The number of carboxylic acids is 3. The maximum Gasteiger partial charge on any atom is 0.326 e. The summed E-state index contributed by atoms with van der Waals surface area (Å²) in [6.45, 7) is 4.87. The summed E-state index contributed by atoms with van der Waals surface area (Å²) in [5, 5.41) is 45.9. The third-order valence-corrected chi connectivity index (χ3v) is 7.40. The van der Waals surface area contributed by atoms with Gasteiger partial charge in [-0.15, -0.1) is 0 Å². The first-order valence-electron chi connectivity index (χ1n) is 16.9. The Morgan fingerprint density at radius 1 is 0.736 bits per heavy atom. The van der Waals surface area contributed by atoms with Crippen molar-refractivity contribution in [3.8, 4) is 5.75 Å². The molecule has 20 nitrogen and oxygen atoms in total. The molecule has 0 bridgehead atoms. The quantitative estimate of drug-likeness (QED) is 0.0329. The predicted molar refractivity (Wildman–Crippen MR) is 193 cm³/mol. The van der Waals surface area contributed by atoms with Crippen LogP contribution in [0.1, 0.15) is 71.3 Å². The van der Waals surface area contributed by atoms with Crippen molar-refractivity contribution in [3.63, 3.8) is 0 Å². The van der Waals surface area contributed by atoms with Crippen molar-refractivity contribution < 1.29 is 54.0 Å². The number of hydrogen-bond acceptors (Lipinski definition) is 11. The van der Waals surface area contributed by atoms with Crippen LogP contribution in [0.15, 0.2) is 29.3 Å². The van der Waals surface area contributed by atoms with E-state index in [1.165, 1.54) is 24.3 Å². The van der Waals surface area contributed by atoms with Crippen LogP contribution in [0.25, 0.3) is 0 Å². The van der Waals surface area contributed by atoms with Gasteiger partial charge in [0, 0.05) is 26.3 Å². The number of rotatable bonds is 23. The lowest BCUT2D eigenvalue weighted by Crippen LogP contribution is -2.59. The molecule has 20 heteroatoms. The average Bonchev–Trinajstić information content (AvgIpc) is 3.06. The van der Waals surface area contributed by atoms with Gasteiger partial charge in [0.05, 0.1) is 6.04 Å². The molecule has 0 aliphatic rings. The molecule has 0 spiro atoms. The SMILES string of the molecule is CC(=O)O.CC(C)[C@H](NC(=O)[C@H](CCC(=O)O)NC(=O)[C@H](CCCCN)NC(=O)[C@@H](N)CCCN=C(N)N)C(=O)N[C@@H](Cc1ccc(O)cc1)C(=O)O. The summed E-state index contributed by atoms with van der Waals surface area (Å²) in [6, 6.07) is -0.484. The van der Waals surface area contributed by atoms with Gasteiger partial charge < -0.3 is 64.6 Å². The van der Waals surface area contributed by atoms with Gasteiger partial charge in [-0.1, -0.05) is 26.0 Å². The molecule has 0 fully saturated rings. The van der Waals surface area contributed by atoms with Crippen molar-refractivity contribution >= 4 is 47.5 Å². The summed E-state index contributed by atoms with van der Waals surface area (Å²) in [4.78, 5) is 89.2. The zero-order valence-electron chi connectivity index (χ0n) is 30.2. The third kappa shape index (κ3) is 21.5. The van der Waals surface area contributed by atoms with Crippen LogP contribution in [-0.4, -0.2) is 111 Å². The number of carboxylic acid groups (broad SMARTS) is 3. The Morgan fingerprint density at radius 3 is 1.77 bits per heavy atom. The fourth-order valence-corrected chi connectivity index (χ4v) is 4.62. The molecule has 1 aromatic carbocycles. The molecule has 4 amide bonds. The first kappa shape index (κ1) is 47.5. The highest BCUT2D eigenvalue weighted by Gasteiger charge is 2.33. The highest BCUT2D eigenvalue weighted by Crippen LogP contribution is 2.13. The number of nitrogens with zero attached hydrogens (tertiary/aromatic N) is 1. The lowest BCUT2D eigenvalue weighted by molar-refractivity contribution is -0.142. The van der Waals surface area contributed by atoms with Crippen molar-refractivity contribution in [2.45, 2.75) is 102 Å². The Bertz CT molecular complexity index is 1380. The number of aliphatic imine (C=N–C) groups is 1. The summed E-state index contributed by atoms with van der Waals surface area (Å²) in [7, 11) is 0. The number of phenols is 1. The monoisotopic (exact) mass is 753 g/mol. The van der Waals surface area contributed by atoms with Crippen molar-refractivity contribution in [2.75, 3.05) is 13.1 Å². The van der Waals surface area contributed by atoms with E-state index in [1.807, 2.05) is 0 Å². The third-order valence-electron chi connectivity index (χ3n) is 7.40. The van der Waals surface area contributed by atoms with Crippen molar-refractivity contribution in [2.24, 2.45) is 33.8 Å². The number of aromatic hydroxyl groups is 1. The number of amides is 4. The van der Waals surface area contributed by atoms with Gasteiger partial charge in [-0.05, 0) is 68.7 Å². The molecule has 0 aliphatic heterocycles. The number of benzene rings is 1. The summed E-state index contributed by atoms with van der Waals surface area (Å²) in [6.07, 6.45) is 0.711. The zero-order valence-corrected chi connectivity index (χ0v) is 30.2. The fraction of sp³-hybridized carbons (Fsp3) is 0.576. The fourth-order valence-electron chi connectivity index (χ4n) is 4.62. The molecule has 298 valence electrons. The summed E-state index contributed by atoms with van der Waals surface area (Å²) in [5.41, 5.74) is 22.7. The Hall–Kier alpha value is -5.50. The molecule has 0 aromatic heterocycles. The summed E-state index contributed by atoms with van der Waals surface area (Å²) in [5.74, 6) is -7.23. The first-order valence-corrected chi connectivity index (χ1v) is 16.9. The van der Waals surface area contributed by atoms with Crippen LogP contribution < -0.4 is 44.2 Å². The van der Waals surface area contributed by atoms with Crippen LogP contribution in [0.2, 0.25) is 0 Å². The lowest BCUT2D eigenvalue weighted by Gasteiger charge is -2.28. The van der Waals surface area contributed by atoms with Gasteiger partial charge >= 0.3 is 11.9 Å². The minimum absolute atomic E-state index is 0.0179. The number of phenolic OH excluding ortho intramolecular Hbond substituents is 1. The Balaban J connectivity index is 0.00000640. The predicted octanol–water partition coefficient (Wildman–Crippen LogP) is -1.92. The van der Waals surface area contributed by atoms with Gasteiger partial charge in [-0.25, -0.2) is 4.79 Å². The number of nitrogens with one attached hydrogen (secondary N) is 4. The van der Waals surface area contributed by atoms with Crippen molar-refractivity contribution in [1.29, 1.82) is 0 Å². The van der Waals surface area contributed by atoms with E-state index in [0.717, 1.165) is 6.92 Å². The molecule has 0 heterocycles. The minimum atomic E-state index is -1.44. The topological polar surface area (TPSA) is 365 Å². The first-order chi connectivity index (χ1) is 24.8.